The first-order chi connectivity index (χ1) is 8.44. The van der Waals surface area contributed by atoms with Crippen molar-refractivity contribution in [3.05, 3.63) is 33.8 Å². The van der Waals surface area contributed by atoms with Gasteiger partial charge in [-0.3, -0.25) is 4.57 Å². The van der Waals surface area contributed by atoms with Crippen LogP contribution in [0, 0.1) is 6.92 Å². The van der Waals surface area contributed by atoms with Crippen molar-refractivity contribution in [2.24, 2.45) is 5.73 Å². The Balaban J connectivity index is 3.05. The van der Waals surface area contributed by atoms with Crippen LogP contribution < -0.4 is 5.73 Å². The summed E-state index contributed by atoms with van der Waals surface area (Å²) in [6, 6.07) is 5.61. The van der Waals surface area contributed by atoms with Crippen LogP contribution in [0.15, 0.2) is 22.7 Å². The molecule has 0 aromatic heterocycles. The van der Waals surface area contributed by atoms with Crippen LogP contribution in [0.2, 0.25) is 0 Å². The maximum Gasteiger partial charge on any atom is 0.351 e. The van der Waals surface area contributed by atoms with E-state index in [1.54, 1.807) is 13.8 Å². The number of benzene rings is 1. The maximum absolute atomic E-state index is 12.5. The predicted octanol–water partition coefficient (Wildman–Crippen LogP) is 3.98. The van der Waals surface area contributed by atoms with E-state index in [1.165, 1.54) is 0 Å². The van der Waals surface area contributed by atoms with Crippen molar-refractivity contribution < 1.29 is 13.6 Å². The average Bonchev–Trinajstić information content (AvgIpc) is 2.32. The van der Waals surface area contributed by atoms with E-state index in [9.17, 15) is 4.57 Å². The number of hydrogen-bond donors (Lipinski definition) is 1. The summed E-state index contributed by atoms with van der Waals surface area (Å²) in [6.45, 7) is 6.12. The SMILES string of the molecule is CCOP(=O)(OCC)[C@H](N)c1ccc(C)c(Br)c1. The van der Waals surface area contributed by atoms with Crippen molar-refractivity contribution >= 4 is 23.5 Å². The standard InChI is InChI=1S/C12H19BrNO3P/c1-4-16-18(15,17-5-2)12(14)10-7-6-9(3)11(13)8-10/h6-8,12H,4-5,14H2,1-3H3/t12-/m0/s1. The Hall–Kier alpha value is -0.190. The van der Waals surface area contributed by atoms with Gasteiger partial charge >= 0.3 is 7.60 Å². The lowest BCUT2D eigenvalue weighted by atomic mass is 10.1. The van der Waals surface area contributed by atoms with Gasteiger partial charge in [0.25, 0.3) is 0 Å². The fourth-order valence-electron chi connectivity index (χ4n) is 1.53. The molecule has 0 saturated heterocycles. The van der Waals surface area contributed by atoms with Crippen molar-refractivity contribution in [2.75, 3.05) is 13.2 Å². The molecule has 2 N–H and O–H groups in total. The molecule has 1 aromatic rings. The Labute approximate surface area is 117 Å². The normalized spacial score (nSPS) is 13.6. The highest BCUT2D eigenvalue weighted by Crippen LogP contribution is 2.58. The lowest BCUT2D eigenvalue weighted by molar-refractivity contribution is 0.212. The van der Waals surface area contributed by atoms with Crippen molar-refractivity contribution in [1.82, 2.24) is 0 Å². The van der Waals surface area contributed by atoms with Crippen LogP contribution in [0.3, 0.4) is 0 Å². The van der Waals surface area contributed by atoms with E-state index in [4.69, 9.17) is 14.8 Å². The molecule has 0 unspecified atom stereocenters. The molecule has 6 heteroatoms. The highest BCUT2D eigenvalue weighted by Gasteiger charge is 2.33. The van der Waals surface area contributed by atoms with Gasteiger partial charge in [-0.05, 0) is 38.0 Å². The number of aryl methyl sites for hydroxylation is 1. The van der Waals surface area contributed by atoms with Gasteiger partial charge in [0.2, 0.25) is 0 Å². The van der Waals surface area contributed by atoms with E-state index < -0.39 is 13.4 Å². The molecule has 1 aromatic carbocycles. The van der Waals surface area contributed by atoms with E-state index >= 15 is 0 Å². The molecule has 0 amide bonds. The van der Waals surface area contributed by atoms with Crippen LogP contribution in [0.25, 0.3) is 0 Å². The third kappa shape index (κ3) is 3.65. The van der Waals surface area contributed by atoms with Gasteiger partial charge in [0.05, 0.1) is 13.2 Å². The topological polar surface area (TPSA) is 61.5 Å². The quantitative estimate of drug-likeness (QED) is 0.798. The lowest BCUT2D eigenvalue weighted by Crippen LogP contribution is -2.15. The first-order valence-corrected chi connectivity index (χ1v) is 8.25. The van der Waals surface area contributed by atoms with Gasteiger partial charge < -0.3 is 14.8 Å². The van der Waals surface area contributed by atoms with Crippen LogP contribution >= 0.6 is 23.5 Å². The van der Waals surface area contributed by atoms with E-state index in [2.05, 4.69) is 15.9 Å². The zero-order valence-corrected chi connectivity index (χ0v) is 13.3. The molecule has 0 aliphatic carbocycles. The molecule has 0 fully saturated rings. The smallest absolute Gasteiger partial charge is 0.314 e. The van der Waals surface area contributed by atoms with Crippen LogP contribution in [0.1, 0.15) is 30.8 Å². The molecule has 0 spiro atoms. The molecule has 102 valence electrons. The van der Waals surface area contributed by atoms with Crippen molar-refractivity contribution in [1.29, 1.82) is 0 Å². The lowest BCUT2D eigenvalue weighted by Gasteiger charge is -2.23. The Morgan fingerprint density at radius 3 is 2.33 bits per heavy atom. The zero-order chi connectivity index (χ0) is 13.8. The number of halogens is 1. The molecule has 4 nitrogen and oxygen atoms in total. The second-order valence-corrected chi connectivity index (χ2v) is 6.84. The van der Waals surface area contributed by atoms with Gasteiger partial charge in [0, 0.05) is 4.47 Å². The van der Waals surface area contributed by atoms with Gasteiger partial charge in [-0.15, -0.1) is 0 Å². The molecule has 0 bridgehead atoms. The van der Waals surface area contributed by atoms with Crippen LogP contribution in [-0.4, -0.2) is 13.2 Å². The van der Waals surface area contributed by atoms with Crippen LogP contribution in [0.4, 0.5) is 0 Å². The van der Waals surface area contributed by atoms with Crippen molar-refractivity contribution in [3.8, 4) is 0 Å². The molecule has 0 aliphatic rings. The minimum absolute atomic E-state index is 0.304. The fourth-order valence-corrected chi connectivity index (χ4v) is 3.57. The third-order valence-corrected chi connectivity index (χ3v) is 5.57. The molecular formula is C12H19BrNO3P. The summed E-state index contributed by atoms with van der Waals surface area (Å²) < 4.78 is 23.9. The zero-order valence-electron chi connectivity index (χ0n) is 10.9. The third-order valence-electron chi connectivity index (χ3n) is 2.50. The van der Waals surface area contributed by atoms with Gasteiger partial charge in [-0.2, -0.15) is 0 Å². The fraction of sp³-hybridized carbons (Fsp3) is 0.500. The molecule has 1 atom stereocenters. The summed E-state index contributed by atoms with van der Waals surface area (Å²) >= 11 is 3.43. The first-order valence-electron chi connectivity index (χ1n) is 5.85. The summed E-state index contributed by atoms with van der Waals surface area (Å²) in [6.07, 6.45) is 0. The Bertz CT molecular complexity index is 443. The van der Waals surface area contributed by atoms with E-state index in [1.807, 2.05) is 25.1 Å². The minimum atomic E-state index is -3.31. The molecule has 0 heterocycles. The highest BCUT2D eigenvalue weighted by atomic mass is 79.9. The van der Waals surface area contributed by atoms with Crippen molar-refractivity contribution in [2.45, 2.75) is 26.6 Å². The van der Waals surface area contributed by atoms with Gasteiger partial charge in [0.15, 0.2) is 0 Å². The Kier molecular flexibility index (Phi) is 6.02. The largest absolute Gasteiger partial charge is 0.351 e. The molecule has 1 rings (SSSR count). The number of nitrogens with two attached hydrogens (primary N) is 1. The summed E-state index contributed by atoms with van der Waals surface area (Å²) in [5, 5.41) is 0. The van der Waals surface area contributed by atoms with Gasteiger partial charge in [-0.1, -0.05) is 28.1 Å². The maximum atomic E-state index is 12.5. The summed E-state index contributed by atoms with van der Waals surface area (Å²) in [5.74, 6) is -0.769. The second-order valence-electron chi connectivity index (χ2n) is 3.83. The van der Waals surface area contributed by atoms with Gasteiger partial charge in [-0.25, -0.2) is 0 Å². The van der Waals surface area contributed by atoms with Gasteiger partial charge in [0.1, 0.15) is 5.78 Å². The second kappa shape index (κ2) is 6.83. The van der Waals surface area contributed by atoms with E-state index in [0.717, 1.165) is 15.6 Å². The van der Waals surface area contributed by atoms with E-state index in [0.29, 0.717) is 13.2 Å². The van der Waals surface area contributed by atoms with E-state index in [-0.39, 0.29) is 0 Å². The highest BCUT2D eigenvalue weighted by molar-refractivity contribution is 9.10. The molecule has 0 aliphatic heterocycles. The minimum Gasteiger partial charge on any atom is -0.314 e. The predicted molar refractivity (Wildman–Crippen MR) is 76.7 cm³/mol. The summed E-state index contributed by atoms with van der Waals surface area (Å²) in [7, 11) is -3.31. The first kappa shape index (κ1) is 15.9. The molecule has 0 saturated carbocycles. The summed E-state index contributed by atoms with van der Waals surface area (Å²) in [5.41, 5.74) is 7.86. The molecular weight excluding hydrogens is 317 g/mol. The monoisotopic (exact) mass is 335 g/mol. The van der Waals surface area contributed by atoms with Crippen LogP contribution in [-0.2, 0) is 13.6 Å². The number of rotatable bonds is 6. The Morgan fingerprint density at radius 2 is 1.89 bits per heavy atom. The van der Waals surface area contributed by atoms with Crippen molar-refractivity contribution in [3.63, 3.8) is 0 Å². The molecule has 0 radical (unpaired) electrons. The Morgan fingerprint density at radius 1 is 1.33 bits per heavy atom. The summed E-state index contributed by atoms with van der Waals surface area (Å²) in [4.78, 5) is 0. The number of hydrogen-bond acceptors (Lipinski definition) is 4. The average molecular weight is 336 g/mol. The van der Waals surface area contributed by atoms with Crippen LogP contribution in [0.5, 0.6) is 0 Å². The molecule has 18 heavy (non-hydrogen) atoms.